The van der Waals surface area contributed by atoms with Gasteiger partial charge in [-0.3, -0.25) is 19.7 Å². The third-order valence-corrected chi connectivity index (χ3v) is 7.07. The van der Waals surface area contributed by atoms with Crippen LogP contribution in [-0.2, 0) is 11.4 Å². The number of rotatable bonds is 12. The number of benzene rings is 3. The van der Waals surface area contributed by atoms with Crippen LogP contribution in [0.2, 0.25) is 0 Å². The standard InChI is InChI=1S/C35H30N4O10/c1-21-8-9-22(2)38(21)26-11-13-27(14-12-26)46-20-28-15-17-31(48-28)34(41)37-36-19-25-6-5-7-29(39(43)44)33(25)49-35(42)24-10-16-30(47-23(3)40)32(18-24)45-4/h5-19H,20H2,1-4H3,(H,37,41)/b36-19+. The number of nitro benzene ring substituents is 1. The molecule has 0 fully saturated rings. The molecular formula is C35H30N4O10. The molecule has 0 aliphatic heterocycles. The maximum Gasteiger partial charge on any atom is 0.343 e. The van der Waals surface area contributed by atoms with Gasteiger partial charge in [-0.25, -0.2) is 10.2 Å². The first-order chi connectivity index (χ1) is 23.5. The molecule has 1 N–H and O–H groups in total. The van der Waals surface area contributed by atoms with Crippen LogP contribution in [0.3, 0.4) is 0 Å². The van der Waals surface area contributed by atoms with Crippen molar-refractivity contribution in [3.8, 4) is 28.7 Å². The lowest BCUT2D eigenvalue weighted by Crippen LogP contribution is -2.17. The topological polar surface area (TPSA) is 174 Å². The average molecular weight is 667 g/mol. The lowest BCUT2D eigenvalue weighted by Gasteiger charge is -2.11. The van der Waals surface area contributed by atoms with Crippen molar-refractivity contribution < 1.29 is 42.7 Å². The number of hydrogen-bond donors (Lipinski definition) is 1. The second kappa shape index (κ2) is 14.8. The van der Waals surface area contributed by atoms with E-state index in [9.17, 15) is 24.5 Å². The number of esters is 2. The molecule has 0 saturated carbocycles. The van der Waals surface area contributed by atoms with Gasteiger partial charge < -0.3 is 27.9 Å². The smallest absolute Gasteiger partial charge is 0.343 e. The fourth-order valence-electron chi connectivity index (χ4n) is 4.80. The third kappa shape index (κ3) is 8.00. The van der Waals surface area contributed by atoms with E-state index in [1.54, 1.807) is 6.07 Å². The fraction of sp³-hybridized carbons (Fsp3) is 0.143. The maximum atomic E-state index is 13.0. The van der Waals surface area contributed by atoms with Crippen molar-refractivity contribution >= 4 is 29.7 Å². The Morgan fingerprint density at radius 3 is 2.35 bits per heavy atom. The molecule has 14 nitrogen and oxygen atoms in total. The molecule has 0 aliphatic carbocycles. The van der Waals surface area contributed by atoms with Gasteiger partial charge in [0.25, 0.3) is 0 Å². The fourth-order valence-corrected chi connectivity index (χ4v) is 4.80. The van der Waals surface area contributed by atoms with E-state index in [1.807, 2.05) is 50.2 Å². The highest BCUT2D eigenvalue weighted by molar-refractivity contribution is 5.96. The van der Waals surface area contributed by atoms with Crippen LogP contribution < -0.4 is 24.4 Å². The molecule has 14 heteroatoms. The molecule has 250 valence electrons. The largest absolute Gasteiger partial charge is 0.493 e. The number of amides is 1. The lowest BCUT2D eigenvalue weighted by molar-refractivity contribution is -0.385. The number of carbonyl (C=O) groups excluding carboxylic acids is 3. The predicted octanol–water partition coefficient (Wildman–Crippen LogP) is 6.09. The summed E-state index contributed by atoms with van der Waals surface area (Å²) in [4.78, 5) is 48.1. The van der Waals surface area contributed by atoms with E-state index in [0.717, 1.165) is 29.4 Å². The highest BCUT2D eigenvalue weighted by Gasteiger charge is 2.23. The van der Waals surface area contributed by atoms with Gasteiger partial charge in [-0.1, -0.05) is 6.07 Å². The number of carbonyl (C=O) groups is 3. The zero-order valence-electron chi connectivity index (χ0n) is 26.8. The number of nitro groups is 1. The number of hydrazone groups is 1. The monoisotopic (exact) mass is 666 g/mol. The molecule has 2 aromatic heterocycles. The van der Waals surface area contributed by atoms with Crippen molar-refractivity contribution in [2.24, 2.45) is 5.10 Å². The van der Waals surface area contributed by atoms with Crippen LogP contribution in [0.4, 0.5) is 5.69 Å². The minimum Gasteiger partial charge on any atom is -0.493 e. The molecule has 5 rings (SSSR count). The Balaban J connectivity index is 1.23. The Labute approximate surface area is 279 Å². The molecular weight excluding hydrogens is 636 g/mol. The maximum absolute atomic E-state index is 13.0. The number of nitrogens with one attached hydrogen (secondary N) is 1. The van der Waals surface area contributed by atoms with E-state index >= 15 is 0 Å². The summed E-state index contributed by atoms with van der Waals surface area (Å²) in [5, 5.41) is 15.6. The summed E-state index contributed by atoms with van der Waals surface area (Å²) in [6.45, 7) is 5.34. The highest BCUT2D eigenvalue weighted by atomic mass is 16.6. The van der Waals surface area contributed by atoms with Crippen LogP contribution in [0.1, 0.15) is 50.5 Å². The number of nitrogens with zero attached hydrogens (tertiary/aromatic N) is 3. The Morgan fingerprint density at radius 2 is 1.67 bits per heavy atom. The van der Waals surface area contributed by atoms with E-state index in [4.69, 9.17) is 23.4 Å². The Hall–Kier alpha value is -6.70. The third-order valence-electron chi connectivity index (χ3n) is 7.07. The minimum absolute atomic E-state index is 0.0213. The van der Waals surface area contributed by atoms with Gasteiger partial charge in [-0.2, -0.15) is 5.10 Å². The molecule has 0 saturated heterocycles. The molecule has 3 aromatic carbocycles. The van der Waals surface area contributed by atoms with Gasteiger partial charge in [0.1, 0.15) is 18.1 Å². The molecule has 1 amide bonds. The zero-order valence-corrected chi connectivity index (χ0v) is 26.8. The van der Waals surface area contributed by atoms with Crippen LogP contribution in [0.15, 0.2) is 94.4 Å². The number of ether oxygens (including phenoxy) is 4. The molecule has 0 aliphatic rings. The van der Waals surface area contributed by atoms with Gasteiger partial charge in [0.15, 0.2) is 17.3 Å². The first-order valence-corrected chi connectivity index (χ1v) is 14.7. The Bertz CT molecular complexity index is 2040. The molecule has 0 radical (unpaired) electrons. The van der Waals surface area contributed by atoms with Crippen LogP contribution in [-0.4, -0.2) is 40.7 Å². The summed E-state index contributed by atoms with van der Waals surface area (Å²) >= 11 is 0. The second-order valence-electron chi connectivity index (χ2n) is 10.5. The van der Waals surface area contributed by atoms with E-state index in [0.29, 0.717) is 11.5 Å². The molecule has 0 bridgehead atoms. The van der Waals surface area contributed by atoms with Crippen LogP contribution in [0.5, 0.6) is 23.0 Å². The van der Waals surface area contributed by atoms with Gasteiger partial charge in [-0.05, 0) is 86.6 Å². The predicted molar refractivity (Wildman–Crippen MR) is 176 cm³/mol. The molecule has 0 spiro atoms. The summed E-state index contributed by atoms with van der Waals surface area (Å²) < 4.78 is 29.2. The lowest BCUT2D eigenvalue weighted by atomic mass is 10.1. The number of methoxy groups -OCH3 is 1. The van der Waals surface area contributed by atoms with Crippen molar-refractivity contribution in [2.75, 3.05) is 7.11 Å². The molecule has 49 heavy (non-hydrogen) atoms. The van der Waals surface area contributed by atoms with Gasteiger partial charge in [0.05, 0.1) is 23.8 Å². The molecule has 0 atom stereocenters. The number of para-hydroxylation sites is 1. The second-order valence-corrected chi connectivity index (χ2v) is 10.5. The van der Waals surface area contributed by atoms with Gasteiger partial charge in [0.2, 0.25) is 5.75 Å². The van der Waals surface area contributed by atoms with Crippen LogP contribution in [0.25, 0.3) is 5.69 Å². The van der Waals surface area contributed by atoms with Crippen molar-refractivity contribution in [1.82, 2.24) is 9.99 Å². The van der Waals surface area contributed by atoms with E-state index in [-0.39, 0.29) is 35.0 Å². The minimum atomic E-state index is -0.965. The molecule has 2 heterocycles. The van der Waals surface area contributed by atoms with Crippen molar-refractivity contribution in [3.63, 3.8) is 0 Å². The van der Waals surface area contributed by atoms with Crippen molar-refractivity contribution in [2.45, 2.75) is 27.4 Å². The van der Waals surface area contributed by atoms with E-state index in [2.05, 4.69) is 15.1 Å². The van der Waals surface area contributed by atoms with Gasteiger partial charge in [0, 0.05) is 35.6 Å². The summed E-state index contributed by atoms with van der Waals surface area (Å²) in [5.41, 5.74) is 4.99. The Kier molecular flexibility index (Phi) is 10.2. The van der Waals surface area contributed by atoms with E-state index < -0.39 is 34.2 Å². The zero-order chi connectivity index (χ0) is 35.1. The summed E-state index contributed by atoms with van der Waals surface area (Å²) in [5.74, 6) is -1.59. The van der Waals surface area contributed by atoms with Crippen LogP contribution >= 0.6 is 0 Å². The number of aryl methyl sites for hydroxylation is 2. The number of hydrogen-bond acceptors (Lipinski definition) is 11. The van der Waals surface area contributed by atoms with Gasteiger partial charge in [-0.15, -0.1) is 0 Å². The van der Waals surface area contributed by atoms with E-state index in [1.165, 1.54) is 50.4 Å². The summed E-state index contributed by atoms with van der Waals surface area (Å²) in [6.07, 6.45) is 1.09. The number of aromatic nitrogens is 1. The first-order valence-electron chi connectivity index (χ1n) is 14.7. The summed E-state index contributed by atoms with van der Waals surface area (Å²) in [6, 6.07) is 22.5. The molecule has 5 aromatic rings. The molecule has 0 unspecified atom stereocenters. The van der Waals surface area contributed by atoms with Crippen molar-refractivity contribution in [1.29, 1.82) is 0 Å². The van der Waals surface area contributed by atoms with Gasteiger partial charge >= 0.3 is 23.5 Å². The highest BCUT2D eigenvalue weighted by Crippen LogP contribution is 2.33. The van der Waals surface area contributed by atoms with Crippen molar-refractivity contribution in [3.05, 3.63) is 129 Å². The first kappa shape index (κ1) is 33.7. The normalized spacial score (nSPS) is 10.9. The Morgan fingerprint density at radius 1 is 0.939 bits per heavy atom. The summed E-state index contributed by atoms with van der Waals surface area (Å²) in [7, 11) is 1.31. The quantitative estimate of drug-likeness (QED) is 0.0539. The SMILES string of the molecule is COc1cc(C(=O)Oc2c(/C=N/NC(=O)c3ccc(COc4ccc(-n5c(C)ccc5C)cc4)o3)cccc2[N+](=O)[O-])ccc1OC(C)=O. The average Bonchev–Trinajstić information content (AvgIpc) is 3.70. The number of furan rings is 1. The van der Waals surface area contributed by atoms with Crippen LogP contribution in [0, 0.1) is 24.0 Å².